The maximum absolute atomic E-state index is 12.2. The molecule has 3 N–H and O–H groups in total. The fourth-order valence-electron chi connectivity index (χ4n) is 3.31. The number of oxazole rings is 1. The third-order valence-corrected chi connectivity index (χ3v) is 4.89. The first-order valence-corrected chi connectivity index (χ1v) is 8.72. The SMILES string of the molecule is COc1cccc([C@H]2C[C@@](O)(CNC(=O)c3ocnc3C)[C@H](O)[C@@H](C)O2)c1. The Morgan fingerprint density at radius 2 is 2.26 bits per heavy atom. The summed E-state index contributed by atoms with van der Waals surface area (Å²) in [5, 5.41) is 24.2. The molecule has 8 nitrogen and oxygen atoms in total. The van der Waals surface area contributed by atoms with Gasteiger partial charge in [0.2, 0.25) is 5.76 Å². The molecule has 2 aromatic rings. The number of nitrogens with one attached hydrogen (secondary N) is 1. The van der Waals surface area contributed by atoms with E-state index in [9.17, 15) is 15.0 Å². The van der Waals surface area contributed by atoms with Crippen LogP contribution in [-0.4, -0.2) is 52.6 Å². The molecule has 0 saturated carbocycles. The van der Waals surface area contributed by atoms with Crippen LogP contribution in [0, 0.1) is 6.92 Å². The second kappa shape index (κ2) is 7.67. The van der Waals surface area contributed by atoms with Crippen molar-refractivity contribution in [1.29, 1.82) is 0 Å². The van der Waals surface area contributed by atoms with Crippen molar-refractivity contribution in [2.75, 3.05) is 13.7 Å². The van der Waals surface area contributed by atoms with Gasteiger partial charge in [0, 0.05) is 13.0 Å². The molecule has 1 aliphatic rings. The van der Waals surface area contributed by atoms with Crippen molar-refractivity contribution < 1.29 is 28.9 Å². The lowest BCUT2D eigenvalue weighted by Gasteiger charge is -2.44. The first-order valence-electron chi connectivity index (χ1n) is 8.72. The molecule has 0 radical (unpaired) electrons. The topological polar surface area (TPSA) is 114 Å². The highest BCUT2D eigenvalue weighted by Crippen LogP contribution is 2.38. The molecule has 0 bridgehead atoms. The number of ether oxygens (including phenoxy) is 2. The van der Waals surface area contributed by atoms with E-state index in [1.165, 1.54) is 6.39 Å². The quantitative estimate of drug-likeness (QED) is 0.722. The molecule has 0 spiro atoms. The maximum atomic E-state index is 12.2. The molecule has 8 heteroatoms. The first kappa shape index (κ1) is 19.3. The largest absolute Gasteiger partial charge is 0.497 e. The number of carbonyl (C=O) groups excluding carboxylic acids is 1. The molecule has 4 atom stereocenters. The van der Waals surface area contributed by atoms with Gasteiger partial charge in [-0.1, -0.05) is 12.1 Å². The highest BCUT2D eigenvalue weighted by atomic mass is 16.5. The third kappa shape index (κ3) is 3.97. The molecule has 3 rings (SSSR count). The molecular formula is C19H24N2O6. The highest BCUT2D eigenvalue weighted by Gasteiger charge is 2.47. The van der Waals surface area contributed by atoms with Crippen LogP contribution in [0.5, 0.6) is 5.75 Å². The average molecular weight is 376 g/mol. The predicted molar refractivity (Wildman–Crippen MR) is 95.4 cm³/mol. The summed E-state index contributed by atoms with van der Waals surface area (Å²) in [5.41, 5.74) is -0.284. The van der Waals surface area contributed by atoms with Crippen LogP contribution >= 0.6 is 0 Å². The number of hydrogen-bond donors (Lipinski definition) is 3. The van der Waals surface area contributed by atoms with Gasteiger partial charge < -0.3 is 29.4 Å². The summed E-state index contributed by atoms with van der Waals surface area (Å²) in [4.78, 5) is 16.1. The predicted octanol–water partition coefficient (Wildman–Crippen LogP) is 1.36. The molecule has 1 aromatic carbocycles. The fourth-order valence-corrected chi connectivity index (χ4v) is 3.31. The van der Waals surface area contributed by atoms with Gasteiger partial charge >= 0.3 is 0 Å². The average Bonchev–Trinajstić information content (AvgIpc) is 3.10. The van der Waals surface area contributed by atoms with E-state index in [-0.39, 0.29) is 18.7 Å². The lowest BCUT2D eigenvalue weighted by atomic mass is 9.82. The molecule has 2 heterocycles. The summed E-state index contributed by atoms with van der Waals surface area (Å²) in [6.07, 6.45) is -0.934. The highest BCUT2D eigenvalue weighted by molar-refractivity contribution is 5.92. The number of carbonyl (C=O) groups is 1. The zero-order valence-electron chi connectivity index (χ0n) is 15.5. The van der Waals surface area contributed by atoms with Crippen molar-refractivity contribution in [3.63, 3.8) is 0 Å². The van der Waals surface area contributed by atoms with Crippen LogP contribution in [0.2, 0.25) is 0 Å². The standard InChI is InChI=1S/C19H24N2O6/c1-11-16(26-10-21-11)18(23)20-9-19(24)8-15(27-12(2)17(19)22)13-5-4-6-14(7-13)25-3/h4-7,10,12,15,17,22,24H,8-9H2,1-3H3,(H,20,23)/t12-,15-,17-,19-/m1/s1. The lowest BCUT2D eigenvalue weighted by Crippen LogP contribution is -2.59. The van der Waals surface area contributed by atoms with Crippen molar-refractivity contribution in [3.05, 3.63) is 47.7 Å². The Bertz CT molecular complexity index is 807. The summed E-state index contributed by atoms with van der Waals surface area (Å²) >= 11 is 0. The molecule has 1 fully saturated rings. The van der Waals surface area contributed by atoms with E-state index in [0.717, 1.165) is 5.56 Å². The number of aliphatic hydroxyl groups excluding tert-OH is 1. The number of aryl methyl sites for hydroxylation is 1. The van der Waals surface area contributed by atoms with Crippen molar-refractivity contribution in [2.45, 2.75) is 44.2 Å². The number of aliphatic hydroxyl groups is 2. The van der Waals surface area contributed by atoms with E-state index < -0.39 is 29.8 Å². The second-order valence-corrected chi connectivity index (χ2v) is 6.81. The molecule has 1 aliphatic heterocycles. The van der Waals surface area contributed by atoms with E-state index in [0.29, 0.717) is 11.4 Å². The van der Waals surface area contributed by atoms with Gasteiger partial charge in [-0.3, -0.25) is 4.79 Å². The van der Waals surface area contributed by atoms with Crippen molar-refractivity contribution in [2.24, 2.45) is 0 Å². The summed E-state index contributed by atoms with van der Waals surface area (Å²) in [7, 11) is 1.57. The molecule has 0 unspecified atom stereocenters. The van der Waals surface area contributed by atoms with Crippen molar-refractivity contribution in [3.8, 4) is 5.75 Å². The number of methoxy groups -OCH3 is 1. The lowest BCUT2D eigenvalue weighted by molar-refractivity contribution is -0.210. The van der Waals surface area contributed by atoms with Crippen LogP contribution in [0.1, 0.15) is 41.3 Å². The van der Waals surface area contributed by atoms with Gasteiger partial charge in [0.15, 0.2) is 6.39 Å². The summed E-state index contributed by atoms with van der Waals surface area (Å²) in [6.45, 7) is 3.18. The zero-order chi connectivity index (χ0) is 19.6. The number of rotatable bonds is 5. The molecular weight excluding hydrogens is 352 g/mol. The van der Waals surface area contributed by atoms with Gasteiger partial charge in [-0.2, -0.15) is 0 Å². The summed E-state index contributed by atoms with van der Waals surface area (Å²) < 4.78 is 16.2. The van der Waals surface area contributed by atoms with Gasteiger partial charge in [0.05, 0.1) is 25.0 Å². The normalized spacial score (nSPS) is 28.0. The van der Waals surface area contributed by atoms with Gasteiger partial charge in [0.25, 0.3) is 5.91 Å². The van der Waals surface area contributed by atoms with Crippen LogP contribution < -0.4 is 10.1 Å². The minimum absolute atomic E-state index is 0.0811. The Hall–Kier alpha value is -2.42. The number of nitrogens with zero attached hydrogens (tertiary/aromatic N) is 1. The van der Waals surface area contributed by atoms with Gasteiger partial charge in [-0.15, -0.1) is 0 Å². The molecule has 146 valence electrons. The van der Waals surface area contributed by atoms with Crippen LogP contribution in [0.3, 0.4) is 0 Å². The molecule has 0 aliphatic carbocycles. The monoisotopic (exact) mass is 376 g/mol. The Morgan fingerprint density at radius 3 is 2.93 bits per heavy atom. The number of amides is 1. The van der Waals surface area contributed by atoms with Crippen LogP contribution in [0.4, 0.5) is 0 Å². The van der Waals surface area contributed by atoms with E-state index in [1.807, 2.05) is 24.3 Å². The van der Waals surface area contributed by atoms with Gasteiger partial charge in [-0.05, 0) is 31.5 Å². The second-order valence-electron chi connectivity index (χ2n) is 6.81. The number of aromatic nitrogens is 1. The Kier molecular flexibility index (Phi) is 5.50. The Morgan fingerprint density at radius 1 is 1.48 bits per heavy atom. The van der Waals surface area contributed by atoms with Crippen LogP contribution in [0.15, 0.2) is 35.1 Å². The Labute approximate surface area is 157 Å². The van der Waals surface area contributed by atoms with Crippen molar-refractivity contribution in [1.82, 2.24) is 10.3 Å². The minimum atomic E-state index is -1.56. The Balaban J connectivity index is 1.75. The maximum Gasteiger partial charge on any atom is 0.289 e. The molecule has 1 aromatic heterocycles. The van der Waals surface area contributed by atoms with Gasteiger partial charge in [0.1, 0.15) is 17.5 Å². The summed E-state index contributed by atoms with van der Waals surface area (Å²) in [6, 6.07) is 7.35. The van der Waals surface area contributed by atoms with E-state index in [1.54, 1.807) is 21.0 Å². The van der Waals surface area contributed by atoms with Crippen molar-refractivity contribution >= 4 is 5.91 Å². The van der Waals surface area contributed by atoms with E-state index in [4.69, 9.17) is 13.9 Å². The number of benzene rings is 1. The van der Waals surface area contributed by atoms with Crippen LogP contribution in [-0.2, 0) is 4.74 Å². The molecule has 1 saturated heterocycles. The molecule has 1 amide bonds. The first-order chi connectivity index (χ1) is 12.8. The van der Waals surface area contributed by atoms with E-state index in [2.05, 4.69) is 10.3 Å². The number of hydrogen-bond acceptors (Lipinski definition) is 7. The zero-order valence-corrected chi connectivity index (χ0v) is 15.5. The molecule has 27 heavy (non-hydrogen) atoms. The summed E-state index contributed by atoms with van der Waals surface area (Å²) in [5.74, 6) is 0.257. The smallest absolute Gasteiger partial charge is 0.289 e. The van der Waals surface area contributed by atoms with Gasteiger partial charge in [-0.25, -0.2) is 4.98 Å². The van der Waals surface area contributed by atoms with Crippen LogP contribution in [0.25, 0.3) is 0 Å². The minimum Gasteiger partial charge on any atom is -0.497 e. The third-order valence-electron chi connectivity index (χ3n) is 4.89. The fraction of sp³-hybridized carbons (Fsp3) is 0.474. The van der Waals surface area contributed by atoms with E-state index >= 15 is 0 Å².